The first-order valence-electron chi connectivity index (χ1n) is 7.24. The zero-order valence-corrected chi connectivity index (χ0v) is 13.6. The van der Waals surface area contributed by atoms with E-state index in [0.29, 0.717) is 29.7 Å². The molecule has 0 aliphatic rings. The molecule has 0 bridgehead atoms. The fourth-order valence-electron chi connectivity index (χ4n) is 2.09. The minimum Gasteiger partial charge on any atom is -0.368 e. The summed E-state index contributed by atoms with van der Waals surface area (Å²) >= 11 is 5.97. The first-order valence-corrected chi connectivity index (χ1v) is 7.62. The second-order valence-corrected chi connectivity index (χ2v) is 5.58. The van der Waals surface area contributed by atoms with E-state index in [9.17, 15) is 0 Å². The Morgan fingerprint density at radius 2 is 2.09 bits per heavy atom. The Hall–Kier alpha value is -2.47. The highest BCUT2D eigenvalue weighted by Gasteiger charge is 2.09. The van der Waals surface area contributed by atoms with E-state index in [4.69, 9.17) is 16.1 Å². The van der Waals surface area contributed by atoms with E-state index < -0.39 is 0 Å². The summed E-state index contributed by atoms with van der Waals surface area (Å²) in [6, 6.07) is 7.36. The Morgan fingerprint density at radius 3 is 2.91 bits per heavy atom. The molecule has 0 aliphatic carbocycles. The summed E-state index contributed by atoms with van der Waals surface area (Å²) < 4.78 is 5.27. The molecule has 118 valence electrons. The van der Waals surface area contributed by atoms with Gasteiger partial charge in [0.25, 0.3) is 0 Å². The van der Waals surface area contributed by atoms with Gasteiger partial charge in [-0.3, -0.25) is 4.98 Å². The van der Waals surface area contributed by atoms with Crippen LogP contribution in [0.25, 0.3) is 11.4 Å². The molecule has 0 atom stereocenters. The summed E-state index contributed by atoms with van der Waals surface area (Å²) in [4.78, 5) is 13.1. The topological polar surface area (TPSA) is 76.7 Å². The van der Waals surface area contributed by atoms with Gasteiger partial charge in [-0.25, -0.2) is 4.98 Å². The van der Waals surface area contributed by atoms with Gasteiger partial charge >= 0.3 is 0 Å². The molecule has 3 aromatic rings. The van der Waals surface area contributed by atoms with Gasteiger partial charge in [0.1, 0.15) is 5.82 Å². The average molecular weight is 330 g/mol. The smallest absolute Gasteiger partial charge is 0.228 e. The maximum absolute atomic E-state index is 5.97. The van der Waals surface area contributed by atoms with Crippen molar-refractivity contribution in [3.63, 3.8) is 0 Å². The van der Waals surface area contributed by atoms with E-state index in [-0.39, 0.29) is 0 Å². The third-order valence-corrected chi connectivity index (χ3v) is 3.49. The molecule has 3 rings (SSSR count). The Morgan fingerprint density at radius 1 is 1.22 bits per heavy atom. The van der Waals surface area contributed by atoms with Crippen molar-refractivity contribution in [2.24, 2.45) is 0 Å². The minimum absolute atomic E-state index is 0.536. The number of nitrogens with one attached hydrogen (secondary N) is 1. The number of anilines is 1. The minimum atomic E-state index is 0.536. The van der Waals surface area contributed by atoms with Crippen molar-refractivity contribution in [2.45, 2.75) is 20.3 Å². The number of nitrogens with zero attached hydrogens (tertiary/aromatic N) is 4. The molecule has 1 N–H and O–H groups in total. The average Bonchev–Trinajstić information content (AvgIpc) is 3.00. The maximum atomic E-state index is 5.97. The zero-order valence-electron chi connectivity index (χ0n) is 12.9. The maximum Gasteiger partial charge on any atom is 0.228 e. The van der Waals surface area contributed by atoms with Crippen LogP contribution >= 0.6 is 11.6 Å². The van der Waals surface area contributed by atoms with Crippen molar-refractivity contribution in [3.05, 3.63) is 52.8 Å². The van der Waals surface area contributed by atoms with Gasteiger partial charge in [-0.1, -0.05) is 28.9 Å². The van der Waals surface area contributed by atoms with Gasteiger partial charge in [-0.2, -0.15) is 4.98 Å². The Kier molecular flexibility index (Phi) is 4.52. The van der Waals surface area contributed by atoms with Crippen molar-refractivity contribution in [1.82, 2.24) is 20.1 Å². The van der Waals surface area contributed by atoms with Crippen LogP contribution in [0.15, 0.2) is 35.0 Å². The molecule has 0 radical (unpaired) electrons. The molecule has 0 unspecified atom stereocenters. The third-order valence-electron chi connectivity index (χ3n) is 3.26. The molecule has 0 spiro atoms. The molecular weight excluding hydrogens is 314 g/mol. The van der Waals surface area contributed by atoms with E-state index in [0.717, 1.165) is 22.8 Å². The first-order chi connectivity index (χ1) is 11.1. The Labute approximate surface area is 138 Å². The SMILES string of the molecule is Cc1cnc(C)c(NCCc2nc(-c3cccc(Cl)c3)no2)n1. The van der Waals surface area contributed by atoms with Crippen LogP contribution in [0.2, 0.25) is 5.02 Å². The molecular formula is C16H16ClN5O. The van der Waals surface area contributed by atoms with Crippen LogP contribution in [0.1, 0.15) is 17.3 Å². The van der Waals surface area contributed by atoms with Crippen molar-refractivity contribution in [1.29, 1.82) is 0 Å². The van der Waals surface area contributed by atoms with Crippen LogP contribution < -0.4 is 5.32 Å². The van der Waals surface area contributed by atoms with Crippen LogP contribution in [0.4, 0.5) is 5.82 Å². The highest BCUT2D eigenvalue weighted by atomic mass is 35.5. The van der Waals surface area contributed by atoms with Gasteiger partial charge in [0.05, 0.1) is 11.4 Å². The van der Waals surface area contributed by atoms with Crippen LogP contribution in [0, 0.1) is 13.8 Å². The normalized spacial score (nSPS) is 10.7. The van der Waals surface area contributed by atoms with E-state index in [1.807, 2.05) is 26.0 Å². The highest BCUT2D eigenvalue weighted by molar-refractivity contribution is 6.30. The lowest BCUT2D eigenvalue weighted by atomic mass is 10.2. The largest absolute Gasteiger partial charge is 0.368 e. The van der Waals surface area contributed by atoms with Gasteiger partial charge in [0, 0.05) is 29.7 Å². The lowest BCUT2D eigenvalue weighted by Crippen LogP contribution is -2.09. The van der Waals surface area contributed by atoms with Crippen LogP contribution in [-0.2, 0) is 6.42 Å². The lowest BCUT2D eigenvalue weighted by Gasteiger charge is -2.06. The quantitative estimate of drug-likeness (QED) is 0.772. The fraction of sp³-hybridized carbons (Fsp3) is 0.250. The molecule has 2 heterocycles. The third kappa shape index (κ3) is 3.84. The molecule has 2 aromatic heterocycles. The number of benzene rings is 1. The summed E-state index contributed by atoms with van der Waals surface area (Å²) in [6.45, 7) is 4.46. The van der Waals surface area contributed by atoms with Crippen LogP contribution in [0.5, 0.6) is 0 Å². The molecule has 7 heteroatoms. The summed E-state index contributed by atoms with van der Waals surface area (Å²) in [5.74, 6) is 1.87. The molecule has 0 amide bonds. The number of aryl methyl sites for hydroxylation is 2. The van der Waals surface area contributed by atoms with Crippen LogP contribution in [0.3, 0.4) is 0 Å². The molecule has 0 saturated carbocycles. The van der Waals surface area contributed by atoms with Gasteiger partial charge < -0.3 is 9.84 Å². The van der Waals surface area contributed by atoms with E-state index in [1.165, 1.54) is 0 Å². The number of hydrogen-bond acceptors (Lipinski definition) is 6. The summed E-state index contributed by atoms with van der Waals surface area (Å²) in [7, 11) is 0. The number of hydrogen-bond donors (Lipinski definition) is 1. The molecule has 1 aromatic carbocycles. The molecule has 23 heavy (non-hydrogen) atoms. The van der Waals surface area contributed by atoms with E-state index >= 15 is 0 Å². The molecule has 0 saturated heterocycles. The molecule has 0 fully saturated rings. The second-order valence-electron chi connectivity index (χ2n) is 5.14. The standard InChI is InChI=1S/C16H16ClN5O/c1-10-9-19-11(2)15(20-10)18-7-6-14-21-16(22-23-14)12-4-3-5-13(17)8-12/h3-5,8-9H,6-7H2,1-2H3,(H,18,20). The first kappa shape index (κ1) is 15.4. The predicted molar refractivity (Wildman–Crippen MR) is 88.4 cm³/mol. The Bertz CT molecular complexity index is 818. The van der Waals surface area contributed by atoms with Gasteiger partial charge in [-0.15, -0.1) is 0 Å². The number of halogens is 1. The lowest BCUT2D eigenvalue weighted by molar-refractivity contribution is 0.381. The van der Waals surface area contributed by atoms with E-state index in [2.05, 4.69) is 25.4 Å². The fourth-order valence-corrected chi connectivity index (χ4v) is 2.28. The van der Waals surface area contributed by atoms with Crippen molar-refractivity contribution < 1.29 is 4.52 Å². The van der Waals surface area contributed by atoms with Gasteiger partial charge in [-0.05, 0) is 26.0 Å². The van der Waals surface area contributed by atoms with Crippen LogP contribution in [-0.4, -0.2) is 26.7 Å². The van der Waals surface area contributed by atoms with E-state index in [1.54, 1.807) is 18.3 Å². The number of rotatable bonds is 5. The molecule has 6 nitrogen and oxygen atoms in total. The van der Waals surface area contributed by atoms with Gasteiger partial charge in [0.15, 0.2) is 0 Å². The summed E-state index contributed by atoms with van der Waals surface area (Å²) in [5.41, 5.74) is 2.57. The van der Waals surface area contributed by atoms with Gasteiger partial charge in [0.2, 0.25) is 11.7 Å². The second kappa shape index (κ2) is 6.75. The summed E-state index contributed by atoms with van der Waals surface area (Å²) in [6.07, 6.45) is 2.35. The number of aromatic nitrogens is 4. The highest BCUT2D eigenvalue weighted by Crippen LogP contribution is 2.20. The monoisotopic (exact) mass is 329 g/mol. The van der Waals surface area contributed by atoms with Crippen molar-refractivity contribution in [2.75, 3.05) is 11.9 Å². The Balaban J connectivity index is 1.62. The molecule has 0 aliphatic heterocycles. The van der Waals surface area contributed by atoms with Crippen molar-refractivity contribution in [3.8, 4) is 11.4 Å². The zero-order chi connectivity index (χ0) is 16.2. The summed E-state index contributed by atoms with van der Waals surface area (Å²) in [5, 5.41) is 7.86. The van der Waals surface area contributed by atoms with Crippen molar-refractivity contribution >= 4 is 17.4 Å². The predicted octanol–water partition coefficient (Wildman–Crippen LogP) is 3.45.